The fourth-order valence-electron chi connectivity index (χ4n) is 2.84. The van der Waals surface area contributed by atoms with E-state index in [-0.39, 0.29) is 11.6 Å². The number of hydrogen-bond donors (Lipinski definition) is 2. The lowest BCUT2D eigenvalue weighted by molar-refractivity contribution is 0.278. The van der Waals surface area contributed by atoms with Crippen LogP contribution in [0.15, 0.2) is 18.2 Å². The van der Waals surface area contributed by atoms with Crippen LogP contribution < -0.4 is 0 Å². The van der Waals surface area contributed by atoms with Crippen LogP contribution in [0.25, 0.3) is 15.9 Å². The predicted molar refractivity (Wildman–Crippen MR) is 85.4 cm³/mol. The van der Waals surface area contributed by atoms with E-state index >= 15 is 0 Å². The molecule has 1 aromatic heterocycles. The first kappa shape index (κ1) is 15.3. The van der Waals surface area contributed by atoms with Crippen molar-refractivity contribution in [1.82, 2.24) is 9.88 Å². The van der Waals surface area contributed by atoms with Gasteiger partial charge in [0, 0.05) is 6.54 Å². The number of diazo groups is 1. The first-order valence-corrected chi connectivity index (χ1v) is 7.61. The molecule has 0 aliphatic heterocycles. The fourth-order valence-corrected chi connectivity index (χ4v) is 2.84. The van der Waals surface area contributed by atoms with Gasteiger partial charge < -0.3 is 15.0 Å². The van der Waals surface area contributed by atoms with E-state index in [0.29, 0.717) is 0 Å². The predicted octanol–water partition coefficient (Wildman–Crippen LogP) is 4.02. The van der Waals surface area contributed by atoms with Crippen molar-refractivity contribution < 1.29 is 5.11 Å². The van der Waals surface area contributed by atoms with E-state index in [9.17, 15) is 5.11 Å². The van der Waals surface area contributed by atoms with Crippen molar-refractivity contribution >= 4 is 16.6 Å². The number of aromatic hydroxyl groups is 1. The van der Waals surface area contributed by atoms with Gasteiger partial charge in [-0.15, -0.1) is 0 Å². The third kappa shape index (κ3) is 3.34. The zero-order valence-electron chi connectivity index (χ0n) is 12.8. The summed E-state index contributed by atoms with van der Waals surface area (Å²) in [5, 5.41) is 19.7. The second kappa shape index (κ2) is 7.09. The summed E-state index contributed by atoms with van der Waals surface area (Å²) in [6.45, 7) is 7.54. The lowest BCUT2D eigenvalue weighted by Gasteiger charge is -2.20. The quantitative estimate of drug-likeness (QED) is 0.756. The molecular formula is C16H23N4O+. The third-order valence-electron chi connectivity index (χ3n) is 3.74. The molecular weight excluding hydrogens is 264 g/mol. The number of H-pyrrole nitrogens is 1. The van der Waals surface area contributed by atoms with Gasteiger partial charge in [0.05, 0.1) is 5.52 Å². The summed E-state index contributed by atoms with van der Waals surface area (Å²) in [7, 11) is 0. The number of nitrogens with zero attached hydrogens (tertiary/aromatic N) is 3. The normalized spacial score (nSPS) is 11.1. The minimum atomic E-state index is -0.0843. The van der Waals surface area contributed by atoms with Crippen molar-refractivity contribution in [2.45, 2.75) is 33.1 Å². The molecule has 1 heterocycles. The van der Waals surface area contributed by atoms with Crippen LogP contribution in [0.1, 0.15) is 32.3 Å². The highest BCUT2D eigenvalue weighted by atomic mass is 16.3. The molecule has 5 nitrogen and oxygen atoms in total. The van der Waals surface area contributed by atoms with Gasteiger partial charge in [0.25, 0.3) is 5.88 Å². The van der Waals surface area contributed by atoms with Gasteiger partial charge in [0.1, 0.15) is 5.39 Å². The average Bonchev–Trinajstić information content (AvgIpc) is 2.81. The van der Waals surface area contributed by atoms with E-state index < -0.39 is 0 Å². The molecule has 2 rings (SSSR count). The Morgan fingerprint density at radius 1 is 1.19 bits per heavy atom. The van der Waals surface area contributed by atoms with Crippen molar-refractivity contribution in [1.29, 1.82) is 5.39 Å². The highest BCUT2D eigenvalue weighted by Crippen LogP contribution is 2.37. The number of benzene rings is 1. The Labute approximate surface area is 125 Å². The van der Waals surface area contributed by atoms with Gasteiger partial charge in [-0.1, -0.05) is 26.0 Å². The van der Waals surface area contributed by atoms with E-state index in [1.54, 1.807) is 0 Å². The first-order valence-electron chi connectivity index (χ1n) is 7.61. The van der Waals surface area contributed by atoms with Crippen LogP contribution in [-0.4, -0.2) is 34.6 Å². The summed E-state index contributed by atoms with van der Waals surface area (Å²) in [4.78, 5) is 8.51. The molecule has 0 radical (unpaired) electrons. The molecule has 0 aliphatic carbocycles. The topological polar surface area (TPSA) is 67.4 Å². The molecule has 0 saturated heterocycles. The average molecular weight is 287 g/mol. The van der Waals surface area contributed by atoms with Gasteiger partial charge in [0.2, 0.25) is 5.39 Å². The number of hydrogen-bond acceptors (Lipinski definition) is 3. The molecule has 0 aliphatic rings. The van der Waals surface area contributed by atoms with Crippen LogP contribution in [0.3, 0.4) is 0 Å². The van der Waals surface area contributed by atoms with E-state index in [4.69, 9.17) is 5.39 Å². The van der Waals surface area contributed by atoms with Crippen molar-refractivity contribution in [2.24, 2.45) is 0 Å². The summed E-state index contributed by atoms with van der Waals surface area (Å²) in [6, 6.07) is 5.86. The van der Waals surface area contributed by atoms with Crippen LogP contribution in [-0.2, 0) is 6.42 Å². The Morgan fingerprint density at radius 2 is 1.90 bits per heavy atom. The largest absolute Gasteiger partial charge is 0.489 e. The maximum absolute atomic E-state index is 9.78. The molecule has 5 heteroatoms. The number of rotatable bonds is 7. The highest BCUT2D eigenvalue weighted by Gasteiger charge is 2.24. The zero-order chi connectivity index (χ0) is 15.2. The van der Waals surface area contributed by atoms with E-state index in [1.807, 2.05) is 18.2 Å². The molecule has 112 valence electrons. The van der Waals surface area contributed by atoms with Crippen LogP contribution in [0.2, 0.25) is 0 Å². The molecule has 0 unspecified atom stereocenters. The number of nitrogens with one attached hydrogen (secondary N) is 1. The second-order valence-electron chi connectivity index (χ2n) is 5.35. The third-order valence-corrected chi connectivity index (χ3v) is 3.74. The molecule has 1 aromatic carbocycles. The molecule has 0 fully saturated rings. The lowest BCUT2D eigenvalue weighted by atomic mass is 10.1. The summed E-state index contributed by atoms with van der Waals surface area (Å²) in [5.74, 6) is -0.0843. The number of fused-ring (bicyclic) bond motifs is 1. The van der Waals surface area contributed by atoms with E-state index in [0.717, 1.165) is 55.4 Å². The minimum Gasteiger partial charge on any atom is -0.489 e. The summed E-state index contributed by atoms with van der Waals surface area (Å²) < 4.78 is 0. The Hall–Kier alpha value is -2.06. The zero-order valence-corrected chi connectivity index (χ0v) is 12.8. The number of aromatic nitrogens is 1. The molecule has 2 N–H and O–H groups in total. The second-order valence-corrected chi connectivity index (χ2v) is 5.35. The molecule has 0 saturated carbocycles. The van der Waals surface area contributed by atoms with Gasteiger partial charge in [-0.3, -0.25) is 0 Å². The van der Waals surface area contributed by atoms with E-state index in [1.165, 1.54) is 0 Å². The highest BCUT2D eigenvalue weighted by molar-refractivity contribution is 5.98. The maximum atomic E-state index is 9.78. The Bertz CT molecular complexity index is 635. The molecule has 0 atom stereocenters. The van der Waals surface area contributed by atoms with Crippen molar-refractivity contribution in [2.75, 3.05) is 19.6 Å². The fraction of sp³-hybridized carbons (Fsp3) is 0.500. The van der Waals surface area contributed by atoms with Crippen molar-refractivity contribution in [3.05, 3.63) is 28.7 Å². The molecule has 0 spiro atoms. The maximum Gasteiger partial charge on any atom is 0.453 e. The standard InChI is InChI=1S/C16H22N4O/c1-3-9-20(10-4-2)11-8-12-6-5-7-13-14(12)15(19-17)16(21)18-13/h5-7,17H,3-4,8-11H2,1-2H3/p+1. The first-order chi connectivity index (χ1) is 10.2. The van der Waals surface area contributed by atoms with Gasteiger partial charge in [0.15, 0.2) is 4.98 Å². The lowest BCUT2D eigenvalue weighted by Crippen LogP contribution is -2.27. The van der Waals surface area contributed by atoms with Crippen LogP contribution in [0.5, 0.6) is 5.88 Å². The summed E-state index contributed by atoms with van der Waals surface area (Å²) in [5.41, 5.74) is 2.13. The summed E-state index contributed by atoms with van der Waals surface area (Å²) >= 11 is 0. The van der Waals surface area contributed by atoms with Crippen molar-refractivity contribution in [3.8, 4) is 5.88 Å². The van der Waals surface area contributed by atoms with Gasteiger partial charge >= 0.3 is 5.69 Å². The Balaban J connectivity index is 2.24. The van der Waals surface area contributed by atoms with Gasteiger partial charge in [-0.2, -0.15) is 0 Å². The van der Waals surface area contributed by atoms with Crippen LogP contribution in [0.4, 0.5) is 5.69 Å². The Morgan fingerprint density at radius 3 is 2.52 bits per heavy atom. The van der Waals surface area contributed by atoms with Crippen LogP contribution in [0, 0.1) is 5.39 Å². The SMILES string of the molecule is CCCN(CCC)CCc1cccc2[nH]c(O)c([N+]#N)c12. The summed E-state index contributed by atoms with van der Waals surface area (Å²) in [6.07, 6.45) is 3.16. The molecule has 0 bridgehead atoms. The van der Waals surface area contributed by atoms with E-state index in [2.05, 4.69) is 28.7 Å². The van der Waals surface area contributed by atoms with Gasteiger partial charge in [-0.25, -0.2) is 0 Å². The van der Waals surface area contributed by atoms with Crippen molar-refractivity contribution in [3.63, 3.8) is 0 Å². The monoisotopic (exact) mass is 287 g/mol. The molecule has 21 heavy (non-hydrogen) atoms. The van der Waals surface area contributed by atoms with Crippen LogP contribution >= 0.6 is 0 Å². The molecule has 2 aromatic rings. The Kier molecular flexibility index (Phi) is 5.18. The molecule has 0 amide bonds. The smallest absolute Gasteiger partial charge is 0.453 e. The minimum absolute atomic E-state index is 0.0843. The number of aromatic amines is 1. The van der Waals surface area contributed by atoms with Gasteiger partial charge in [-0.05, 0) is 44.0 Å².